The topological polar surface area (TPSA) is 77.5 Å². The van der Waals surface area contributed by atoms with Gasteiger partial charge in [0, 0.05) is 12.1 Å². The summed E-state index contributed by atoms with van der Waals surface area (Å²) in [5.41, 5.74) is -0.0221. The molecule has 1 heterocycles. The maximum absolute atomic E-state index is 12.8. The Hall–Kier alpha value is -3.40. The van der Waals surface area contributed by atoms with Gasteiger partial charge in [0.1, 0.15) is 15.6 Å². The van der Waals surface area contributed by atoms with Crippen molar-refractivity contribution in [1.29, 1.82) is 0 Å². The molecule has 36 heavy (non-hydrogen) atoms. The monoisotopic (exact) mass is 520 g/mol. The molecule has 10 heteroatoms. The van der Waals surface area contributed by atoms with E-state index in [2.05, 4.69) is 10.3 Å². The maximum atomic E-state index is 12.8. The molecule has 0 aliphatic rings. The van der Waals surface area contributed by atoms with E-state index in [-0.39, 0.29) is 19.1 Å². The predicted molar refractivity (Wildman–Crippen MR) is 131 cm³/mol. The minimum atomic E-state index is -4.41. The van der Waals surface area contributed by atoms with E-state index in [4.69, 9.17) is 9.47 Å². The number of amides is 1. The highest BCUT2D eigenvalue weighted by Crippen LogP contribution is 2.33. The highest BCUT2D eigenvalue weighted by molar-refractivity contribution is 7.17. The van der Waals surface area contributed by atoms with Crippen molar-refractivity contribution in [2.24, 2.45) is 0 Å². The number of halogens is 3. The summed E-state index contributed by atoms with van der Waals surface area (Å²) in [6.07, 6.45) is -3.98. The Balaban J connectivity index is 1.63. The van der Waals surface area contributed by atoms with Crippen LogP contribution in [0.1, 0.15) is 53.7 Å². The number of carbonyl (C=O) groups is 2. The predicted octanol–water partition coefficient (Wildman–Crippen LogP) is 6.18. The van der Waals surface area contributed by atoms with Crippen LogP contribution < -0.4 is 10.1 Å². The number of ether oxygens (including phenoxy) is 2. The Bertz CT molecular complexity index is 1210. The van der Waals surface area contributed by atoms with Crippen LogP contribution in [-0.4, -0.2) is 29.1 Å². The second-order valence-corrected chi connectivity index (χ2v) is 9.24. The van der Waals surface area contributed by atoms with Crippen LogP contribution in [0.3, 0.4) is 0 Å². The van der Waals surface area contributed by atoms with Crippen molar-refractivity contribution < 1.29 is 32.2 Å². The fraction of sp³-hybridized carbons (Fsp3) is 0.346. The van der Waals surface area contributed by atoms with Crippen molar-refractivity contribution in [3.8, 4) is 16.3 Å². The minimum absolute atomic E-state index is 0.245. The number of carbonyl (C=O) groups excluding carboxylic acids is 2. The number of aromatic nitrogens is 1. The molecule has 1 amide bonds. The van der Waals surface area contributed by atoms with Gasteiger partial charge in [-0.15, -0.1) is 11.3 Å². The lowest BCUT2D eigenvalue weighted by Gasteiger charge is -2.27. The van der Waals surface area contributed by atoms with Crippen molar-refractivity contribution >= 4 is 23.2 Å². The van der Waals surface area contributed by atoms with Crippen LogP contribution >= 0.6 is 11.3 Å². The van der Waals surface area contributed by atoms with Crippen molar-refractivity contribution in [3.05, 3.63) is 70.2 Å². The number of rotatable bonds is 9. The van der Waals surface area contributed by atoms with Gasteiger partial charge in [-0.3, -0.25) is 4.79 Å². The van der Waals surface area contributed by atoms with Gasteiger partial charge in [-0.05, 0) is 57.0 Å². The summed E-state index contributed by atoms with van der Waals surface area (Å²) < 4.78 is 49.4. The van der Waals surface area contributed by atoms with E-state index < -0.39 is 23.3 Å². The number of hydrogen-bond donors (Lipinski definition) is 1. The van der Waals surface area contributed by atoms with E-state index in [1.54, 1.807) is 45.0 Å². The third-order valence-electron chi connectivity index (χ3n) is 5.56. The molecular weight excluding hydrogens is 493 g/mol. The number of nitrogens with one attached hydrogen (secondary N) is 1. The SMILES string of the molecule is CCOC(=O)C(C)(CC)Oc1ccc(CNC(=O)c2sc(-c3ccc(C(F)(F)F)cc3)nc2C)cc1. The zero-order valence-electron chi connectivity index (χ0n) is 20.4. The van der Waals surface area contributed by atoms with Gasteiger partial charge in [0.25, 0.3) is 5.91 Å². The van der Waals surface area contributed by atoms with E-state index in [1.165, 1.54) is 12.1 Å². The number of esters is 1. The first-order valence-electron chi connectivity index (χ1n) is 11.3. The molecule has 3 aromatic rings. The number of aryl methyl sites for hydroxylation is 1. The third-order valence-corrected chi connectivity index (χ3v) is 6.77. The van der Waals surface area contributed by atoms with E-state index >= 15 is 0 Å². The molecule has 0 radical (unpaired) electrons. The van der Waals surface area contributed by atoms with Gasteiger partial charge in [0.15, 0.2) is 0 Å². The second kappa shape index (κ2) is 11.1. The first kappa shape index (κ1) is 27.2. The summed E-state index contributed by atoms with van der Waals surface area (Å²) >= 11 is 1.12. The molecular formula is C26H27F3N2O4S. The summed E-state index contributed by atoms with van der Waals surface area (Å²) in [6.45, 7) is 7.44. The third kappa shape index (κ3) is 6.42. The number of nitrogens with zero attached hydrogens (tertiary/aromatic N) is 1. The van der Waals surface area contributed by atoms with Crippen LogP contribution in [0.5, 0.6) is 5.75 Å². The van der Waals surface area contributed by atoms with Crippen molar-refractivity contribution in [2.75, 3.05) is 6.61 Å². The lowest BCUT2D eigenvalue weighted by Crippen LogP contribution is -2.42. The molecule has 0 aliphatic carbocycles. The van der Waals surface area contributed by atoms with Crippen LogP contribution in [0.25, 0.3) is 10.6 Å². The van der Waals surface area contributed by atoms with Crippen LogP contribution in [0.2, 0.25) is 0 Å². The molecule has 0 saturated carbocycles. The normalized spacial score (nSPS) is 13.1. The minimum Gasteiger partial charge on any atom is -0.476 e. The van der Waals surface area contributed by atoms with Gasteiger partial charge in [-0.2, -0.15) is 13.2 Å². The molecule has 6 nitrogen and oxygen atoms in total. The van der Waals surface area contributed by atoms with Gasteiger partial charge < -0.3 is 14.8 Å². The van der Waals surface area contributed by atoms with Crippen molar-refractivity contribution in [2.45, 2.75) is 52.4 Å². The maximum Gasteiger partial charge on any atom is 0.416 e. The number of thiazole rings is 1. The Morgan fingerprint density at radius 1 is 1.03 bits per heavy atom. The summed E-state index contributed by atoms with van der Waals surface area (Å²) in [7, 11) is 0. The molecule has 1 atom stereocenters. The van der Waals surface area contributed by atoms with E-state index in [1.807, 2.05) is 6.92 Å². The molecule has 0 aliphatic heterocycles. The highest BCUT2D eigenvalue weighted by atomic mass is 32.1. The number of alkyl halides is 3. The first-order chi connectivity index (χ1) is 17.0. The van der Waals surface area contributed by atoms with E-state index in [0.717, 1.165) is 29.0 Å². The van der Waals surface area contributed by atoms with Crippen LogP contribution in [-0.2, 0) is 22.3 Å². The Morgan fingerprint density at radius 3 is 2.22 bits per heavy atom. The van der Waals surface area contributed by atoms with Gasteiger partial charge in [-0.25, -0.2) is 9.78 Å². The molecule has 2 aromatic carbocycles. The number of hydrogen-bond acceptors (Lipinski definition) is 6. The molecule has 1 unspecified atom stereocenters. The Kier molecular flexibility index (Phi) is 8.39. The Morgan fingerprint density at radius 2 is 1.67 bits per heavy atom. The first-order valence-corrected chi connectivity index (χ1v) is 12.2. The van der Waals surface area contributed by atoms with E-state index in [0.29, 0.717) is 33.3 Å². The molecule has 1 aromatic heterocycles. The second-order valence-electron chi connectivity index (χ2n) is 8.24. The largest absolute Gasteiger partial charge is 0.476 e. The molecule has 1 N–H and O–H groups in total. The number of benzene rings is 2. The average Bonchev–Trinajstić information content (AvgIpc) is 3.24. The van der Waals surface area contributed by atoms with Gasteiger partial charge in [-0.1, -0.05) is 31.2 Å². The summed E-state index contributed by atoms with van der Waals surface area (Å²) in [4.78, 5) is 29.7. The van der Waals surface area contributed by atoms with Gasteiger partial charge in [0.05, 0.1) is 17.9 Å². The standard InChI is InChI=1S/C26H27F3N2O4S/c1-5-25(4,24(33)34-6-2)35-20-13-7-17(8-14-20)15-30-22(32)21-16(3)31-23(36-21)18-9-11-19(12-10-18)26(27,28)29/h7-14H,5-6,15H2,1-4H3,(H,30,32). The average molecular weight is 521 g/mol. The zero-order chi connectivity index (χ0) is 26.5. The van der Waals surface area contributed by atoms with Crippen molar-refractivity contribution in [3.63, 3.8) is 0 Å². The molecule has 0 saturated heterocycles. The molecule has 0 fully saturated rings. The lowest BCUT2D eigenvalue weighted by molar-refractivity contribution is -0.160. The lowest BCUT2D eigenvalue weighted by atomic mass is 10.0. The van der Waals surface area contributed by atoms with Crippen molar-refractivity contribution in [1.82, 2.24) is 10.3 Å². The van der Waals surface area contributed by atoms with Gasteiger partial charge >= 0.3 is 12.1 Å². The highest BCUT2D eigenvalue weighted by Gasteiger charge is 2.35. The van der Waals surface area contributed by atoms with E-state index in [9.17, 15) is 22.8 Å². The molecule has 3 rings (SSSR count). The quantitative estimate of drug-likeness (QED) is 0.341. The van der Waals surface area contributed by atoms with Crippen LogP contribution in [0.4, 0.5) is 13.2 Å². The molecule has 192 valence electrons. The smallest absolute Gasteiger partial charge is 0.416 e. The van der Waals surface area contributed by atoms with Crippen LogP contribution in [0.15, 0.2) is 48.5 Å². The zero-order valence-corrected chi connectivity index (χ0v) is 21.2. The van der Waals surface area contributed by atoms with Gasteiger partial charge in [0.2, 0.25) is 5.60 Å². The fourth-order valence-electron chi connectivity index (χ4n) is 3.27. The summed E-state index contributed by atoms with van der Waals surface area (Å²) in [5.74, 6) is -0.259. The Labute approximate surface area is 211 Å². The summed E-state index contributed by atoms with van der Waals surface area (Å²) in [6, 6.07) is 11.7. The fourth-order valence-corrected chi connectivity index (χ4v) is 4.26. The molecule has 0 bridgehead atoms. The summed E-state index contributed by atoms with van der Waals surface area (Å²) in [5, 5.41) is 3.30. The van der Waals surface area contributed by atoms with Crippen LogP contribution in [0, 0.1) is 6.92 Å². The molecule has 0 spiro atoms.